The number of carbonyl (C=O) groups excluding carboxylic acids is 2. The molecule has 0 bridgehead atoms. The van der Waals surface area contributed by atoms with Gasteiger partial charge < -0.3 is 9.64 Å². The zero-order chi connectivity index (χ0) is 15.3. The lowest BCUT2D eigenvalue weighted by Gasteiger charge is -2.26. The Morgan fingerprint density at radius 1 is 1.40 bits per heavy atom. The van der Waals surface area contributed by atoms with Crippen molar-refractivity contribution in [3.63, 3.8) is 0 Å². The van der Waals surface area contributed by atoms with Crippen molar-refractivity contribution in [1.82, 2.24) is 4.90 Å². The Kier molecular flexibility index (Phi) is 6.49. The molecule has 0 spiro atoms. The summed E-state index contributed by atoms with van der Waals surface area (Å²) in [5.74, 6) is -0.656. The molecule has 0 N–H and O–H groups in total. The molecule has 4 nitrogen and oxygen atoms in total. The van der Waals surface area contributed by atoms with Crippen molar-refractivity contribution in [2.75, 3.05) is 13.2 Å². The molecule has 0 unspecified atom stereocenters. The van der Waals surface area contributed by atoms with Crippen LogP contribution in [0.4, 0.5) is 0 Å². The summed E-state index contributed by atoms with van der Waals surface area (Å²) >= 11 is 9.17. The molecule has 1 rings (SSSR count). The first-order valence-electron chi connectivity index (χ1n) is 6.28. The average molecular weight is 363 g/mol. The van der Waals surface area contributed by atoms with Crippen LogP contribution in [0.3, 0.4) is 0 Å². The molecule has 0 atom stereocenters. The number of hydrogen-bond acceptors (Lipinski definition) is 3. The number of amides is 1. The van der Waals surface area contributed by atoms with Crippen molar-refractivity contribution in [3.05, 3.63) is 33.3 Å². The second-order valence-corrected chi connectivity index (χ2v) is 5.75. The minimum atomic E-state index is -0.417. The van der Waals surface area contributed by atoms with Crippen LogP contribution in [-0.2, 0) is 9.53 Å². The van der Waals surface area contributed by atoms with Gasteiger partial charge in [-0.2, -0.15) is 0 Å². The van der Waals surface area contributed by atoms with E-state index in [9.17, 15) is 9.59 Å². The van der Waals surface area contributed by atoms with Crippen LogP contribution in [0.2, 0.25) is 5.02 Å². The van der Waals surface area contributed by atoms with Gasteiger partial charge >= 0.3 is 5.97 Å². The van der Waals surface area contributed by atoms with Crippen molar-refractivity contribution in [2.45, 2.75) is 26.8 Å². The number of rotatable bonds is 5. The summed E-state index contributed by atoms with van der Waals surface area (Å²) in [5.41, 5.74) is 0.465. The standard InChI is InChI=1S/C14H17BrClNO3/c1-4-20-13(18)8-17(9(2)3)14(19)11-6-5-10(16)7-12(11)15/h5-7,9H,4,8H2,1-3H3. The first-order chi connectivity index (χ1) is 9.36. The van der Waals surface area contributed by atoms with E-state index < -0.39 is 5.97 Å². The van der Waals surface area contributed by atoms with Gasteiger partial charge in [0.2, 0.25) is 0 Å². The van der Waals surface area contributed by atoms with Crippen LogP contribution >= 0.6 is 27.5 Å². The molecule has 0 fully saturated rings. The Morgan fingerprint density at radius 3 is 2.55 bits per heavy atom. The fraction of sp³-hybridized carbons (Fsp3) is 0.429. The first kappa shape index (κ1) is 17.0. The lowest BCUT2D eigenvalue weighted by Crippen LogP contribution is -2.41. The van der Waals surface area contributed by atoms with E-state index in [1.807, 2.05) is 13.8 Å². The van der Waals surface area contributed by atoms with E-state index >= 15 is 0 Å². The largest absolute Gasteiger partial charge is 0.465 e. The number of carbonyl (C=O) groups is 2. The molecule has 1 aromatic rings. The Balaban J connectivity index is 2.96. The third-order valence-electron chi connectivity index (χ3n) is 2.65. The van der Waals surface area contributed by atoms with E-state index in [2.05, 4.69) is 15.9 Å². The molecule has 0 saturated carbocycles. The molecule has 0 aliphatic carbocycles. The van der Waals surface area contributed by atoms with Crippen LogP contribution < -0.4 is 0 Å². The monoisotopic (exact) mass is 361 g/mol. The number of esters is 1. The van der Waals surface area contributed by atoms with Crippen molar-refractivity contribution in [2.24, 2.45) is 0 Å². The van der Waals surface area contributed by atoms with E-state index in [-0.39, 0.29) is 18.5 Å². The van der Waals surface area contributed by atoms with Gasteiger partial charge in [0, 0.05) is 15.5 Å². The Hall–Kier alpha value is -1.07. The van der Waals surface area contributed by atoms with Gasteiger partial charge in [-0.3, -0.25) is 9.59 Å². The van der Waals surface area contributed by atoms with Gasteiger partial charge in [-0.15, -0.1) is 0 Å². The van der Waals surface area contributed by atoms with Crippen LogP contribution in [-0.4, -0.2) is 36.0 Å². The Morgan fingerprint density at radius 2 is 2.05 bits per heavy atom. The van der Waals surface area contributed by atoms with E-state index in [0.29, 0.717) is 21.7 Å². The number of halogens is 2. The maximum absolute atomic E-state index is 12.5. The number of benzene rings is 1. The van der Waals surface area contributed by atoms with Crippen LogP contribution in [0, 0.1) is 0 Å². The summed E-state index contributed by atoms with van der Waals surface area (Å²) in [4.78, 5) is 25.6. The van der Waals surface area contributed by atoms with Gasteiger partial charge in [0.1, 0.15) is 6.54 Å². The summed E-state index contributed by atoms with van der Waals surface area (Å²) in [5, 5.41) is 0.537. The van der Waals surface area contributed by atoms with Crippen molar-refractivity contribution >= 4 is 39.4 Å². The molecule has 6 heteroatoms. The van der Waals surface area contributed by atoms with Gasteiger partial charge in [-0.05, 0) is 54.9 Å². The van der Waals surface area contributed by atoms with E-state index in [1.54, 1.807) is 25.1 Å². The highest BCUT2D eigenvalue weighted by Gasteiger charge is 2.23. The van der Waals surface area contributed by atoms with E-state index in [0.717, 1.165) is 0 Å². The molecule has 0 saturated heterocycles. The Bertz CT molecular complexity index is 505. The molecular formula is C14H17BrClNO3. The highest BCUT2D eigenvalue weighted by atomic mass is 79.9. The summed E-state index contributed by atoms with van der Waals surface area (Å²) in [6.07, 6.45) is 0. The summed E-state index contributed by atoms with van der Waals surface area (Å²) < 4.78 is 5.49. The van der Waals surface area contributed by atoms with Crippen molar-refractivity contribution < 1.29 is 14.3 Å². The fourth-order valence-corrected chi connectivity index (χ4v) is 2.50. The maximum Gasteiger partial charge on any atom is 0.325 e. The molecule has 0 aliphatic heterocycles. The van der Waals surface area contributed by atoms with Gasteiger partial charge in [0.25, 0.3) is 5.91 Å². The lowest BCUT2D eigenvalue weighted by molar-refractivity contribution is -0.144. The van der Waals surface area contributed by atoms with Gasteiger partial charge in [0.15, 0.2) is 0 Å². The van der Waals surface area contributed by atoms with Crippen LogP contribution in [0.15, 0.2) is 22.7 Å². The topological polar surface area (TPSA) is 46.6 Å². The summed E-state index contributed by atoms with van der Waals surface area (Å²) in [6.45, 7) is 5.65. The highest BCUT2D eigenvalue weighted by Crippen LogP contribution is 2.23. The smallest absolute Gasteiger partial charge is 0.325 e. The number of ether oxygens (including phenoxy) is 1. The second kappa shape index (κ2) is 7.64. The first-order valence-corrected chi connectivity index (χ1v) is 7.45. The second-order valence-electron chi connectivity index (χ2n) is 4.46. The molecule has 0 heterocycles. The molecule has 1 aromatic carbocycles. The molecule has 0 aromatic heterocycles. The minimum absolute atomic E-state index is 0.0700. The fourth-order valence-electron chi connectivity index (χ4n) is 1.65. The van der Waals surface area contributed by atoms with Crippen LogP contribution in [0.5, 0.6) is 0 Å². The molecule has 0 radical (unpaired) electrons. The van der Waals surface area contributed by atoms with Crippen LogP contribution in [0.1, 0.15) is 31.1 Å². The average Bonchev–Trinajstić information content (AvgIpc) is 2.35. The third kappa shape index (κ3) is 4.49. The van der Waals surface area contributed by atoms with Gasteiger partial charge in [-0.25, -0.2) is 0 Å². The lowest BCUT2D eigenvalue weighted by atomic mass is 10.1. The molecule has 1 amide bonds. The van der Waals surface area contributed by atoms with Gasteiger partial charge in [0.05, 0.1) is 12.2 Å². The van der Waals surface area contributed by atoms with Crippen molar-refractivity contribution in [1.29, 1.82) is 0 Å². The zero-order valence-corrected chi connectivity index (χ0v) is 14.0. The van der Waals surface area contributed by atoms with E-state index in [4.69, 9.17) is 16.3 Å². The quantitative estimate of drug-likeness (QED) is 0.753. The zero-order valence-electron chi connectivity index (χ0n) is 11.7. The summed E-state index contributed by atoms with van der Waals surface area (Å²) in [7, 11) is 0. The SMILES string of the molecule is CCOC(=O)CN(C(=O)c1ccc(Cl)cc1Br)C(C)C. The normalized spacial score (nSPS) is 10.5. The minimum Gasteiger partial charge on any atom is -0.465 e. The van der Waals surface area contributed by atoms with E-state index in [1.165, 1.54) is 4.90 Å². The molecule has 0 aliphatic rings. The third-order valence-corrected chi connectivity index (χ3v) is 3.54. The highest BCUT2D eigenvalue weighted by molar-refractivity contribution is 9.10. The number of nitrogens with zero attached hydrogens (tertiary/aromatic N) is 1. The number of hydrogen-bond donors (Lipinski definition) is 0. The predicted octanol–water partition coefficient (Wildman–Crippen LogP) is 3.52. The molecule has 20 heavy (non-hydrogen) atoms. The Labute approximate surface area is 132 Å². The van der Waals surface area contributed by atoms with Crippen molar-refractivity contribution in [3.8, 4) is 0 Å². The van der Waals surface area contributed by atoms with Crippen LogP contribution in [0.25, 0.3) is 0 Å². The summed E-state index contributed by atoms with van der Waals surface area (Å²) in [6, 6.07) is 4.81. The van der Waals surface area contributed by atoms with Gasteiger partial charge in [-0.1, -0.05) is 11.6 Å². The maximum atomic E-state index is 12.5. The molecular weight excluding hydrogens is 346 g/mol. The molecule has 110 valence electrons. The predicted molar refractivity (Wildman–Crippen MR) is 82.0 cm³/mol.